The van der Waals surface area contributed by atoms with Crippen molar-refractivity contribution >= 4 is 10.1 Å². The zero-order chi connectivity index (χ0) is 19.0. The minimum atomic E-state index is -3.40. The molecule has 6 heteroatoms. The molecule has 0 fully saturated rings. The van der Waals surface area contributed by atoms with Gasteiger partial charge in [-0.05, 0) is 38.3 Å². The smallest absolute Gasteiger partial charge is 0.293 e. The lowest BCUT2D eigenvalue weighted by Crippen LogP contribution is -2.08. The molecule has 1 rings (SSSR count). The number of hydrogen-bond donors (Lipinski definition) is 1. The summed E-state index contributed by atoms with van der Waals surface area (Å²) in [7, 11) is -3.40. The lowest BCUT2D eigenvalue weighted by molar-refractivity contribution is -0.196. The van der Waals surface area contributed by atoms with Crippen molar-refractivity contribution in [3.63, 3.8) is 0 Å². The molecule has 0 aromatic heterocycles. The molecule has 0 saturated carbocycles. The van der Waals surface area contributed by atoms with E-state index in [-0.39, 0.29) is 12.4 Å². The summed E-state index contributed by atoms with van der Waals surface area (Å²) in [4.78, 5) is 4.20. The molecule has 1 N–H and O–H groups in total. The van der Waals surface area contributed by atoms with Crippen LogP contribution in [0.4, 0.5) is 0 Å². The van der Waals surface area contributed by atoms with Gasteiger partial charge in [0.15, 0.2) is 0 Å². The fraction of sp³-hybridized carbons (Fsp3) is 0.684. The largest absolute Gasteiger partial charge is 0.508 e. The van der Waals surface area contributed by atoms with Crippen LogP contribution >= 0.6 is 0 Å². The van der Waals surface area contributed by atoms with Crippen molar-refractivity contribution in [2.45, 2.75) is 72.1 Å². The van der Waals surface area contributed by atoms with Gasteiger partial charge < -0.3 is 5.11 Å². The second-order valence-corrected chi connectivity index (χ2v) is 7.65. The second kappa shape index (κ2) is 15.2. The number of rotatable bonds is 12. The van der Waals surface area contributed by atoms with Gasteiger partial charge >= 0.3 is 0 Å². The molecule has 0 saturated heterocycles. The average molecular weight is 375 g/mol. The average Bonchev–Trinajstić information content (AvgIpc) is 2.61. The lowest BCUT2D eigenvalue weighted by Gasteiger charge is -2.04. The highest BCUT2D eigenvalue weighted by Crippen LogP contribution is 2.18. The molecule has 0 aliphatic heterocycles. The van der Waals surface area contributed by atoms with Crippen molar-refractivity contribution in [1.82, 2.24) is 0 Å². The Kier molecular flexibility index (Phi) is 14.5. The summed E-state index contributed by atoms with van der Waals surface area (Å²) in [6.45, 7) is 5.61. The van der Waals surface area contributed by atoms with Gasteiger partial charge in [0.2, 0.25) is 0 Å². The molecule has 0 unspecified atom stereocenters. The van der Waals surface area contributed by atoms with Crippen LogP contribution in [-0.2, 0) is 25.8 Å². The first-order chi connectivity index (χ1) is 12.0. The molecule has 0 aliphatic rings. The number of unbranched alkanes of at least 4 members (excludes halogenated alkanes) is 6. The molecule has 0 amide bonds. The summed E-state index contributed by atoms with van der Waals surface area (Å²) >= 11 is 0. The van der Waals surface area contributed by atoms with Crippen molar-refractivity contribution in [2.24, 2.45) is 0 Å². The Hall–Kier alpha value is -1.11. The van der Waals surface area contributed by atoms with E-state index in [0.717, 1.165) is 12.0 Å². The number of aromatic hydroxyl groups is 1. The number of para-hydroxylation sites is 1. The number of phenolic OH excluding ortho intramolecular Hbond substituents is 1. The fourth-order valence-corrected chi connectivity index (χ4v) is 2.50. The highest BCUT2D eigenvalue weighted by molar-refractivity contribution is 7.86. The second-order valence-electron chi connectivity index (χ2n) is 5.82. The topological polar surface area (TPSA) is 72.8 Å². The van der Waals surface area contributed by atoms with Crippen LogP contribution in [0.3, 0.4) is 0 Å². The Balaban J connectivity index is 0.000000547. The first-order valence-corrected chi connectivity index (χ1v) is 10.8. The van der Waals surface area contributed by atoms with Crippen LogP contribution < -0.4 is 0 Å². The van der Waals surface area contributed by atoms with Crippen molar-refractivity contribution in [3.05, 3.63) is 29.8 Å². The third-order valence-corrected chi connectivity index (χ3v) is 4.68. The minimum absolute atomic E-state index is 0.0625. The quantitative estimate of drug-likeness (QED) is 0.317. The molecular formula is C19H34O5S. The number of phenols is 1. The highest BCUT2D eigenvalue weighted by Gasteiger charge is 2.06. The van der Waals surface area contributed by atoms with Crippen molar-refractivity contribution < 1.29 is 22.7 Å². The fourth-order valence-electron chi connectivity index (χ4n) is 2.16. The third-order valence-electron chi connectivity index (χ3n) is 3.66. The third kappa shape index (κ3) is 13.8. The van der Waals surface area contributed by atoms with Gasteiger partial charge in [0.25, 0.3) is 10.1 Å². The van der Waals surface area contributed by atoms with Crippen LogP contribution in [0.2, 0.25) is 0 Å². The van der Waals surface area contributed by atoms with Gasteiger partial charge in [0.05, 0.1) is 12.4 Å². The molecule has 25 heavy (non-hydrogen) atoms. The van der Waals surface area contributed by atoms with E-state index in [1.165, 1.54) is 51.9 Å². The van der Waals surface area contributed by atoms with E-state index in [1.807, 2.05) is 18.2 Å². The van der Waals surface area contributed by atoms with E-state index >= 15 is 0 Å². The number of benzene rings is 1. The molecule has 0 radical (unpaired) electrons. The zero-order valence-corrected chi connectivity index (χ0v) is 16.7. The number of aryl methyl sites for hydroxylation is 1. The Labute approximate surface area is 153 Å². The van der Waals surface area contributed by atoms with Gasteiger partial charge in [0, 0.05) is 0 Å². The van der Waals surface area contributed by atoms with E-state index in [2.05, 4.69) is 16.1 Å². The van der Waals surface area contributed by atoms with Gasteiger partial charge in [-0.1, -0.05) is 63.6 Å². The summed E-state index contributed by atoms with van der Waals surface area (Å²) in [5, 5.41) is 9.58. The van der Waals surface area contributed by atoms with Crippen LogP contribution in [0.15, 0.2) is 24.3 Å². The van der Waals surface area contributed by atoms with E-state index < -0.39 is 10.1 Å². The van der Waals surface area contributed by atoms with Gasteiger partial charge in [0.1, 0.15) is 5.75 Å². The van der Waals surface area contributed by atoms with E-state index in [0.29, 0.717) is 5.75 Å². The predicted molar refractivity (Wildman–Crippen MR) is 102 cm³/mol. The standard InChI is InChI=1S/C15H24O.C4H10O4S/c1-2-3-4-5-6-7-8-11-14-12-9-10-13-15(14)16;1-3-7-8-9(5,6)4-2/h9-10,12-13,16H,2-8,11H2,1H3;3-4H2,1-2H3. The van der Waals surface area contributed by atoms with E-state index in [1.54, 1.807) is 13.0 Å². The Morgan fingerprint density at radius 2 is 1.52 bits per heavy atom. The first-order valence-electron chi connectivity index (χ1n) is 9.27. The molecule has 0 heterocycles. The molecule has 0 aliphatic carbocycles. The minimum Gasteiger partial charge on any atom is -0.508 e. The highest BCUT2D eigenvalue weighted by atomic mass is 32.2. The first kappa shape index (κ1) is 23.9. The summed E-state index contributed by atoms with van der Waals surface area (Å²) in [5.41, 5.74) is 1.09. The maximum absolute atomic E-state index is 10.4. The normalized spacial score (nSPS) is 11.0. The van der Waals surface area contributed by atoms with Crippen LogP contribution in [-0.4, -0.2) is 25.9 Å². The molecular weight excluding hydrogens is 340 g/mol. The van der Waals surface area contributed by atoms with Crippen LogP contribution in [0.5, 0.6) is 5.75 Å². The van der Waals surface area contributed by atoms with Gasteiger partial charge in [-0.25, -0.2) is 4.89 Å². The summed E-state index contributed by atoms with van der Waals surface area (Å²) in [6, 6.07) is 7.67. The van der Waals surface area contributed by atoms with Gasteiger partial charge in [-0.3, -0.25) is 0 Å². The van der Waals surface area contributed by atoms with Crippen molar-refractivity contribution in [1.29, 1.82) is 0 Å². The maximum Gasteiger partial charge on any atom is 0.293 e. The Bertz CT molecular complexity index is 528. The van der Waals surface area contributed by atoms with E-state index in [4.69, 9.17) is 0 Å². The molecule has 5 nitrogen and oxygen atoms in total. The summed E-state index contributed by atoms with van der Waals surface area (Å²) in [5.74, 6) is 0.390. The molecule has 0 atom stereocenters. The SMILES string of the molecule is CCCCCCCCCc1ccccc1O.CCOOS(=O)(=O)CC. The van der Waals surface area contributed by atoms with Crippen molar-refractivity contribution in [3.8, 4) is 5.75 Å². The molecule has 1 aromatic carbocycles. The molecule has 1 aromatic rings. The maximum atomic E-state index is 10.4. The van der Waals surface area contributed by atoms with Gasteiger partial charge in [-0.2, -0.15) is 8.42 Å². The monoisotopic (exact) mass is 374 g/mol. The van der Waals surface area contributed by atoms with E-state index in [9.17, 15) is 13.5 Å². The molecule has 146 valence electrons. The molecule has 0 spiro atoms. The predicted octanol–water partition coefficient (Wildman–Crippen LogP) is 4.99. The summed E-state index contributed by atoms with van der Waals surface area (Å²) < 4.78 is 24.8. The Morgan fingerprint density at radius 1 is 0.920 bits per heavy atom. The van der Waals surface area contributed by atoms with Crippen molar-refractivity contribution in [2.75, 3.05) is 12.4 Å². The van der Waals surface area contributed by atoms with Crippen LogP contribution in [0.25, 0.3) is 0 Å². The van der Waals surface area contributed by atoms with Crippen LogP contribution in [0.1, 0.15) is 71.3 Å². The molecule has 0 bridgehead atoms. The zero-order valence-electron chi connectivity index (χ0n) is 15.9. The summed E-state index contributed by atoms with van der Waals surface area (Å²) in [6.07, 6.45) is 10.3. The Morgan fingerprint density at radius 3 is 2.08 bits per heavy atom. The number of hydrogen-bond acceptors (Lipinski definition) is 5. The van der Waals surface area contributed by atoms with Crippen LogP contribution in [0, 0.1) is 0 Å². The van der Waals surface area contributed by atoms with Gasteiger partial charge in [-0.15, -0.1) is 4.33 Å². The lowest BCUT2D eigenvalue weighted by atomic mass is 10.0.